The molecule has 0 aromatic heterocycles. The molecule has 0 N–H and O–H groups in total. The van der Waals surface area contributed by atoms with Crippen molar-refractivity contribution in [2.75, 3.05) is 13.2 Å². The average molecular weight is 461 g/mol. The number of hydrogen-bond donors (Lipinski definition) is 0. The van der Waals surface area contributed by atoms with Gasteiger partial charge in [0.2, 0.25) is 0 Å². The van der Waals surface area contributed by atoms with Crippen molar-refractivity contribution in [1.29, 1.82) is 0 Å². The molecule has 4 rings (SSSR count). The largest absolute Gasteiger partial charge is 0.382 e. The van der Waals surface area contributed by atoms with E-state index in [1.54, 1.807) is 16.3 Å². The molecule has 2 aromatic rings. The predicted octanol–water partition coefficient (Wildman–Crippen LogP) is 8.67. The summed E-state index contributed by atoms with van der Waals surface area (Å²) in [7, 11) is -0.790. The van der Waals surface area contributed by atoms with Crippen LogP contribution < -0.4 is 0 Å². The Morgan fingerprint density at radius 2 is 1.52 bits per heavy atom. The van der Waals surface area contributed by atoms with E-state index in [1.165, 1.54) is 33.4 Å². The molecule has 0 aliphatic heterocycles. The third kappa shape index (κ3) is 6.91. The van der Waals surface area contributed by atoms with Crippen molar-refractivity contribution < 1.29 is 4.74 Å². The zero-order valence-corrected chi connectivity index (χ0v) is 23.5. The van der Waals surface area contributed by atoms with Gasteiger partial charge in [-0.15, -0.1) is 0 Å². The van der Waals surface area contributed by atoms with Gasteiger partial charge in [-0.2, -0.15) is 0 Å². The highest BCUT2D eigenvalue weighted by molar-refractivity contribution is 6.77. The Labute approximate surface area is 204 Å². The maximum absolute atomic E-state index is 4.83. The van der Waals surface area contributed by atoms with Crippen LogP contribution in [0.25, 0.3) is 16.3 Å². The van der Waals surface area contributed by atoms with Gasteiger partial charge >= 0.3 is 0 Å². The van der Waals surface area contributed by atoms with E-state index in [-0.39, 0.29) is 0 Å². The molecule has 0 spiro atoms. The normalized spacial score (nSPS) is 16.8. The number of fused-ring (bicyclic) bond motifs is 1. The Kier molecular flexibility index (Phi) is 10.6. The summed E-state index contributed by atoms with van der Waals surface area (Å²) >= 11 is 0. The molecule has 2 aliphatic rings. The Morgan fingerprint density at radius 3 is 1.94 bits per heavy atom. The molecule has 1 atom stereocenters. The smallest absolute Gasteiger partial charge is 0.0655 e. The molecule has 0 radical (unpaired) electrons. The van der Waals surface area contributed by atoms with Gasteiger partial charge in [-0.1, -0.05) is 96.5 Å². The van der Waals surface area contributed by atoms with Gasteiger partial charge in [-0.3, -0.25) is 0 Å². The van der Waals surface area contributed by atoms with Gasteiger partial charge in [-0.05, 0) is 81.7 Å². The van der Waals surface area contributed by atoms with E-state index in [0.29, 0.717) is 5.92 Å². The molecule has 1 unspecified atom stereocenters. The lowest BCUT2D eigenvalue weighted by molar-refractivity contribution is 0.162. The number of benzene rings is 2. The van der Waals surface area contributed by atoms with Gasteiger partial charge in [0.1, 0.15) is 0 Å². The second-order valence-electron chi connectivity index (χ2n) is 9.46. The molecule has 2 heteroatoms. The van der Waals surface area contributed by atoms with Crippen LogP contribution in [0.3, 0.4) is 0 Å². The van der Waals surface area contributed by atoms with Crippen LogP contribution in [-0.4, -0.2) is 22.0 Å². The first-order valence-corrected chi connectivity index (χ1v) is 15.4. The van der Waals surface area contributed by atoms with Crippen LogP contribution in [0.5, 0.6) is 0 Å². The maximum Gasteiger partial charge on any atom is 0.0655 e. The summed E-state index contributed by atoms with van der Waals surface area (Å²) in [6.45, 7) is 21.7. The van der Waals surface area contributed by atoms with E-state index >= 15 is 0 Å². The summed E-state index contributed by atoms with van der Waals surface area (Å²) in [5, 5.41) is 1.69. The number of allylic oxidation sites excluding steroid dienone is 5. The fourth-order valence-electron chi connectivity index (χ4n) is 4.78. The van der Waals surface area contributed by atoms with E-state index in [2.05, 4.69) is 102 Å². The molecule has 0 fully saturated rings. The van der Waals surface area contributed by atoms with Crippen LogP contribution in [-0.2, 0) is 11.2 Å². The molecule has 2 aromatic carbocycles. The molecule has 0 heterocycles. The van der Waals surface area contributed by atoms with E-state index in [9.17, 15) is 0 Å². The Balaban J connectivity index is 0.000000229. The molecule has 0 saturated carbocycles. The average Bonchev–Trinajstić information content (AvgIpc) is 3.26. The Hall–Kier alpha value is -2.16. The van der Waals surface area contributed by atoms with E-state index < -0.39 is 8.80 Å². The van der Waals surface area contributed by atoms with Gasteiger partial charge in [0.15, 0.2) is 0 Å². The Bertz CT molecular complexity index is 1010. The zero-order chi connectivity index (χ0) is 24.5. The maximum atomic E-state index is 4.83. The van der Waals surface area contributed by atoms with Crippen molar-refractivity contribution in [1.82, 2.24) is 0 Å². The molecule has 178 valence electrons. The second-order valence-corrected chi connectivity index (χ2v) is 12.3. The summed E-state index contributed by atoms with van der Waals surface area (Å²) in [5.41, 5.74) is 11.9. The quantitative estimate of drug-likeness (QED) is 0.415. The van der Waals surface area contributed by atoms with Gasteiger partial charge in [0, 0.05) is 13.2 Å². The minimum atomic E-state index is -0.790. The van der Waals surface area contributed by atoms with Crippen molar-refractivity contribution in [3.05, 3.63) is 88.0 Å². The van der Waals surface area contributed by atoms with Crippen LogP contribution in [0.4, 0.5) is 0 Å². The third-order valence-electron chi connectivity index (χ3n) is 6.77. The number of rotatable bonds is 4. The van der Waals surface area contributed by atoms with E-state index in [0.717, 1.165) is 19.6 Å². The standard InChI is InChI=1S/C18H20Si.C9H14.C4H10O/c1-13-12-15-10-7-11-16(14-8-5-4-6-9-14)17(15)18(13)19(2)3;1-6-5-7(2)9(4)8(6)3;1-3-5-4-2/h4-11,19H,12H2,1-3H3;5-6H,1-4H3;3-4H2,1-2H3. The summed E-state index contributed by atoms with van der Waals surface area (Å²) < 4.78 is 4.83. The zero-order valence-electron chi connectivity index (χ0n) is 22.4. The highest BCUT2D eigenvalue weighted by Crippen LogP contribution is 2.40. The molecule has 0 saturated heterocycles. The van der Waals surface area contributed by atoms with Crippen LogP contribution in [0.15, 0.2) is 76.9 Å². The molecule has 0 amide bonds. The molecule has 0 bridgehead atoms. The van der Waals surface area contributed by atoms with Crippen LogP contribution in [0.1, 0.15) is 59.6 Å². The van der Waals surface area contributed by atoms with Crippen LogP contribution in [0, 0.1) is 5.92 Å². The third-order valence-corrected chi connectivity index (χ3v) is 8.71. The minimum absolute atomic E-state index is 0.685. The highest BCUT2D eigenvalue weighted by atomic mass is 28.3. The Morgan fingerprint density at radius 1 is 0.879 bits per heavy atom. The summed E-state index contributed by atoms with van der Waals surface area (Å²) in [6, 6.07) is 17.6. The SMILES string of the molecule is CC1=C([SiH](C)C)c2c(cccc2-c2ccccc2)C1.CC1=CC(C)C(C)=C1C.CCOCC. The summed E-state index contributed by atoms with van der Waals surface area (Å²) in [4.78, 5) is 0. The second kappa shape index (κ2) is 12.9. The van der Waals surface area contributed by atoms with Gasteiger partial charge in [-0.25, -0.2) is 0 Å². The van der Waals surface area contributed by atoms with Crippen molar-refractivity contribution in [2.24, 2.45) is 5.92 Å². The van der Waals surface area contributed by atoms with Crippen LogP contribution in [0.2, 0.25) is 13.1 Å². The predicted molar refractivity (Wildman–Crippen MR) is 151 cm³/mol. The van der Waals surface area contributed by atoms with Gasteiger partial charge in [0.25, 0.3) is 0 Å². The minimum Gasteiger partial charge on any atom is -0.382 e. The van der Waals surface area contributed by atoms with Gasteiger partial charge < -0.3 is 4.74 Å². The highest BCUT2D eigenvalue weighted by Gasteiger charge is 2.24. The monoisotopic (exact) mass is 460 g/mol. The summed E-state index contributed by atoms with van der Waals surface area (Å²) in [6.07, 6.45) is 3.47. The first kappa shape index (κ1) is 27.1. The van der Waals surface area contributed by atoms with Crippen molar-refractivity contribution in [3.8, 4) is 11.1 Å². The first-order valence-electron chi connectivity index (χ1n) is 12.5. The van der Waals surface area contributed by atoms with Crippen molar-refractivity contribution in [2.45, 2.75) is 68.0 Å². The van der Waals surface area contributed by atoms with Crippen molar-refractivity contribution in [3.63, 3.8) is 0 Å². The number of ether oxygens (including phenoxy) is 1. The lowest BCUT2D eigenvalue weighted by Crippen LogP contribution is -2.05. The fourth-order valence-corrected chi connectivity index (χ4v) is 6.79. The first-order chi connectivity index (χ1) is 15.7. The molecule has 1 nitrogen and oxygen atoms in total. The molecular weight excluding hydrogens is 416 g/mol. The lowest BCUT2D eigenvalue weighted by Gasteiger charge is -2.15. The topological polar surface area (TPSA) is 9.23 Å². The fraction of sp³-hybridized carbons (Fsp3) is 0.419. The summed E-state index contributed by atoms with van der Waals surface area (Å²) in [5.74, 6) is 0.685. The molecule has 2 aliphatic carbocycles. The van der Waals surface area contributed by atoms with E-state index in [1.807, 2.05) is 13.8 Å². The lowest BCUT2D eigenvalue weighted by atomic mass is 9.97. The molecular formula is C31H44OSi. The van der Waals surface area contributed by atoms with E-state index in [4.69, 9.17) is 4.74 Å². The van der Waals surface area contributed by atoms with Gasteiger partial charge in [0.05, 0.1) is 8.80 Å². The van der Waals surface area contributed by atoms with Crippen LogP contribution >= 0.6 is 0 Å². The molecule has 33 heavy (non-hydrogen) atoms. The number of hydrogen-bond acceptors (Lipinski definition) is 1. The van der Waals surface area contributed by atoms with Crippen molar-refractivity contribution >= 4 is 14.0 Å².